The van der Waals surface area contributed by atoms with E-state index in [2.05, 4.69) is 10.6 Å². The zero-order valence-corrected chi connectivity index (χ0v) is 7.89. The number of carbonyl (C=O) groups is 1. The van der Waals surface area contributed by atoms with Crippen LogP contribution in [-0.2, 0) is 0 Å². The summed E-state index contributed by atoms with van der Waals surface area (Å²) >= 11 is 0. The van der Waals surface area contributed by atoms with Crippen molar-refractivity contribution in [3.05, 3.63) is 0 Å². The lowest BCUT2D eigenvalue weighted by Crippen LogP contribution is -2.45. The molecule has 0 saturated heterocycles. The van der Waals surface area contributed by atoms with Gasteiger partial charge in [-0.2, -0.15) is 0 Å². The molecule has 0 heterocycles. The van der Waals surface area contributed by atoms with E-state index in [1.54, 1.807) is 0 Å². The Morgan fingerprint density at radius 1 is 1.50 bits per heavy atom. The van der Waals surface area contributed by atoms with E-state index in [0.29, 0.717) is 13.1 Å². The van der Waals surface area contributed by atoms with Crippen LogP contribution in [-0.4, -0.2) is 25.2 Å². The van der Waals surface area contributed by atoms with E-state index >= 15 is 0 Å². The first-order valence-corrected chi connectivity index (χ1v) is 4.49. The van der Waals surface area contributed by atoms with Crippen molar-refractivity contribution in [2.75, 3.05) is 13.1 Å². The molecule has 0 aromatic rings. The number of amides is 2. The third-order valence-electron chi connectivity index (χ3n) is 1.65. The van der Waals surface area contributed by atoms with Gasteiger partial charge in [-0.15, -0.1) is 0 Å². The molecule has 0 radical (unpaired) electrons. The van der Waals surface area contributed by atoms with Crippen molar-refractivity contribution in [2.45, 2.75) is 32.7 Å². The van der Waals surface area contributed by atoms with E-state index in [0.717, 1.165) is 12.8 Å². The number of carbonyl (C=O) groups excluding carboxylic acids is 1. The third-order valence-corrected chi connectivity index (χ3v) is 1.65. The molecule has 0 aliphatic carbocycles. The number of nitrogens with one attached hydrogen (secondary N) is 2. The highest BCUT2D eigenvalue weighted by Crippen LogP contribution is 1.86. The average Bonchev–Trinajstić information content (AvgIpc) is 2.10. The minimum atomic E-state index is -0.117. The second-order valence-electron chi connectivity index (χ2n) is 2.74. The fourth-order valence-electron chi connectivity index (χ4n) is 0.803. The molecule has 0 spiro atoms. The molecule has 4 N–H and O–H groups in total. The first kappa shape index (κ1) is 11.2. The average molecular weight is 173 g/mol. The molecule has 2 amide bonds. The van der Waals surface area contributed by atoms with Gasteiger partial charge in [0.1, 0.15) is 0 Å². The summed E-state index contributed by atoms with van der Waals surface area (Å²) in [5.41, 5.74) is 5.42. The Balaban J connectivity index is 3.52. The summed E-state index contributed by atoms with van der Waals surface area (Å²) in [4.78, 5) is 11.1. The molecule has 72 valence electrons. The van der Waals surface area contributed by atoms with Crippen LogP contribution in [0.3, 0.4) is 0 Å². The standard InChI is InChI=1S/C8H19N3O/c1-3-5-10-8(12)11-7(4-2)6-9/h7H,3-6,9H2,1-2H3,(H2,10,11,12). The van der Waals surface area contributed by atoms with E-state index < -0.39 is 0 Å². The van der Waals surface area contributed by atoms with Crippen LogP contribution in [0.2, 0.25) is 0 Å². The van der Waals surface area contributed by atoms with Crippen molar-refractivity contribution in [3.8, 4) is 0 Å². The molecule has 1 atom stereocenters. The molecule has 12 heavy (non-hydrogen) atoms. The second-order valence-corrected chi connectivity index (χ2v) is 2.74. The van der Waals surface area contributed by atoms with E-state index in [-0.39, 0.29) is 12.1 Å². The fraction of sp³-hybridized carbons (Fsp3) is 0.875. The maximum Gasteiger partial charge on any atom is 0.315 e. The molecule has 0 saturated carbocycles. The number of rotatable bonds is 5. The van der Waals surface area contributed by atoms with Crippen LogP contribution >= 0.6 is 0 Å². The van der Waals surface area contributed by atoms with E-state index in [1.165, 1.54) is 0 Å². The van der Waals surface area contributed by atoms with Gasteiger partial charge >= 0.3 is 6.03 Å². The number of hydrogen-bond acceptors (Lipinski definition) is 2. The number of hydrogen-bond donors (Lipinski definition) is 3. The fourth-order valence-corrected chi connectivity index (χ4v) is 0.803. The second kappa shape index (κ2) is 6.91. The van der Waals surface area contributed by atoms with Crippen LogP contribution in [0.5, 0.6) is 0 Å². The summed E-state index contributed by atoms with van der Waals surface area (Å²) in [6, 6.07) is -0.0176. The molecule has 4 heteroatoms. The Labute approximate surface area is 73.9 Å². The minimum Gasteiger partial charge on any atom is -0.338 e. The van der Waals surface area contributed by atoms with Crippen LogP contribution in [0.25, 0.3) is 0 Å². The quantitative estimate of drug-likeness (QED) is 0.564. The van der Waals surface area contributed by atoms with Gasteiger partial charge < -0.3 is 16.4 Å². The summed E-state index contributed by atoms with van der Waals surface area (Å²) in [6.45, 7) is 5.22. The Morgan fingerprint density at radius 3 is 2.58 bits per heavy atom. The molecule has 1 unspecified atom stereocenters. The van der Waals surface area contributed by atoms with E-state index in [9.17, 15) is 4.79 Å². The highest BCUT2D eigenvalue weighted by molar-refractivity contribution is 5.74. The molecular weight excluding hydrogens is 154 g/mol. The monoisotopic (exact) mass is 173 g/mol. The first-order valence-electron chi connectivity index (χ1n) is 4.49. The maximum absolute atomic E-state index is 11.1. The smallest absolute Gasteiger partial charge is 0.315 e. The molecule has 0 aromatic carbocycles. The molecule has 0 bridgehead atoms. The van der Waals surface area contributed by atoms with Crippen molar-refractivity contribution in [1.29, 1.82) is 0 Å². The Hall–Kier alpha value is -0.770. The lowest BCUT2D eigenvalue weighted by molar-refractivity contribution is 0.237. The molecule has 0 aliphatic heterocycles. The lowest BCUT2D eigenvalue weighted by Gasteiger charge is -2.14. The first-order chi connectivity index (χ1) is 5.74. The molecular formula is C8H19N3O. The van der Waals surface area contributed by atoms with Crippen LogP contribution in [0, 0.1) is 0 Å². The van der Waals surface area contributed by atoms with Gasteiger partial charge in [0.2, 0.25) is 0 Å². The van der Waals surface area contributed by atoms with Crippen molar-refractivity contribution in [3.63, 3.8) is 0 Å². The molecule has 0 aromatic heterocycles. The molecule has 0 rings (SSSR count). The summed E-state index contributed by atoms with van der Waals surface area (Å²) in [5.74, 6) is 0. The Kier molecular flexibility index (Phi) is 6.47. The Morgan fingerprint density at radius 2 is 2.17 bits per heavy atom. The predicted molar refractivity (Wildman–Crippen MR) is 50.0 cm³/mol. The topological polar surface area (TPSA) is 67.2 Å². The van der Waals surface area contributed by atoms with Crippen LogP contribution < -0.4 is 16.4 Å². The van der Waals surface area contributed by atoms with Crippen molar-refractivity contribution in [1.82, 2.24) is 10.6 Å². The van der Waals surface area contributed by atoms with Crippen molar-refractivity contribution in [2.24, 2.45) is 5.73 Å². The van der Waals surface area contributed by atoms with Gasteiger partial charge in [-0.05, 0) is 12.8 Å². The largest absolute Gasteiger partial charge is 0.338 e. The molecule has 0 aliphatic rings. The van der Waals surface area contributed by atoms with Gasteiger partial charge in [0.05, 0.1) is 0 Å². The van der Waals surface area contributed by atoms with Crippen LogP contribution in [0.15, 0.2) is 0 Å². The van der Waals surface area contributed by atoms with E-state index in [4.69, 9.17) is 5.73 Å². The SMILES string of the molecule is CCCNC(=O)NC(CC)CN. The molecule has 4 nitrogen and oxygen atoms in total. The highest BCUT2D eigenvalue weighted by atomic mass is 16.2. The summed E-state index contributed by atoms with van der Waals surface area (Å²) in [5, 5.41) is 5.50. The summed E-state index contributed by atoms with van der Waals surface area (Å²) < 4.78 is 0. The van der Waals surface area contributed by atoms with Crippen LogP contribution in [0.4, 0.5) is 4.79 Å². The normalized spacial score (nSPS) is 12.2. The van der Waals surface area contributed by atoms with Gasteiger partial charge in [-0.3, -0.25) is 0 Å². The predicted octanol–water partition coefficient (Wildman–Crippen LogP) is 0.433. The van der Waals surface area contributed by atoms with Crippen molar-refractivity contribution < 1.29 is 4.79 Å². The number of urea groups is 1. The maximum atomic E-state index is 11.1. The zero-order chi connectivity index (χ0) is 9.40. The van der Waals surface area contributed by atoms with E-state index in [1.807, 2.05) is 13.8 Å². The molecule has 0 fully saturated rings. The third kappa shape index (κ3) is 4.96. The van der Waals surface area contributed by atoms with Crippen LogP contribution in [0.1, 0.15) is 26.7 Å². The lowest BCUT2D eigenvalue weighted by atomic mass is 10.2. The summed E-state index contributed by atoms with van der Waals surface area (Å²) in [7, 11) is 0. The van der Waals surface area contributed by atoms with Gasteiger partial charge in [-0.25, -0.2) is 4.79 Å². The van der Waals surface area contributed by atoms with Gasteiger partial charge in [0.15, 0.2) is 0 Å². The van der Waals surface area contributed by atoms with Gasteiger partial charge in [0.25, 0.3) is 0 Å². The zero-order valence-electron chi connectivity index (χ0n) is 7.89. The minimum absolute atomic E-state index is 0.0989. The Bertz CT molecular complexity index is 123. The van der Waals surface area contributed by atoms with Gasteiger partial charge in [-0.1, -0.05) is 13.8 Å². The number of nitrogens with two attached hydrogens (primary N) is 1. The highest BCUT2D eigenvalue weighted by Gasteiger charge is 2.06. The van der Waals surface area contributed by atoms with Gasteiger partial charge in [0, 0.05) is 19.1 Å². The van der Waals surface area contributed by atoms with Crippen molar-refractivity contribution >= 4 is 6.03 Å². The summed E-state index contributed by atoms with van der Waals surface area (Å²) in [6.07, 6.45) is 1.82.